The lowest BCUT2D eigenvalue weighted by atomic mass is 10.1. The number of nitrogens with zero attached hydrogens (tertiary/aromatic N) is 3. The third-order valence-corrected chi connectivity index (χ3v) is 7.20. The Balaban J connectivity index is 1.27. The van der Waals surface area contributed by atoms with Crippen LogP contribution >= 0.6 is 11.3 Å². The second kappa shape index (κ2) is 12.7. The number of thiazole rings is 1. The van der Waals surface area contributed by atoms with Crippen LogP contribution in [0.15, 0.2) is 47.8 Å². The van der Waals surface area contributed by atoms with Gasteiger partial charge in [-0.05, 0) is 61.2 Å². The molecule has 206 valence electrons. The number of benzene rings is 2. The van der Waals surface area contributed by atoms with Gasteiger partial charge in [-0.3, -0.25) is 14.4 Å². The minimum atomic E-state index is -0.426. The molecule has 1 aromatic heterocycles. The highest BCUT2D eigenvalue weighted by Crippen LogP contribution is 2.29. The summed E-state index contributed by atoms with van der Waals surface area (Å²) in [4.78, 5) is 45.8. The molecule has 3 amide bonds. The standard InChI is InChI=1S/C28H31FN4O5S/c1-32(13-12-18-4-11-23(37-2)24(14-18)38-3)26(35)15-21-17-39-28(30-21)31-25(34)16-33(22-9-10-22)27(36)19-5-7-20(29)8-6-19/h4-8,11,14,17,22H,9-10,12-13,15-16H2,1-3H3,(H,30,31,34). The Kier molecular flexibility index (Phi) is 9.13. The Bertz CT molecular complexity index is 1330. The molecule has 1 saturated carbocycles. The molecule has 11 heteroatoms. The van der Waals surface area contributed by atoms with Crippen LogP contribution in [0.4, 0.5) is 9.52 Å². The maximum absolute atomic E-state index is 13.2. The molecule has 1 heterocycles. The van der Waals surface area contributed by atoms with E-state index in [4.69, 9.17) is 9.47 Å². The molecule has 1 aliphatic carbocycles. The van der Waals surface area contributed by atoms with Crippen LogP contribution in [0, 0.1) is 5.82 Å². The van der Waals surface area contributed by atoms with Crippen LogP contribution in [0.25, 0.3) is 0 Å². The number of anilines is 1. The molecule has 0 radical (unpaired) electrons. The number of ether oxygens (including phenoxy) is 2. The highest BCUT2D eigenvalue weighted by molar-refractivity contribution is 7.13. The van der Waals surface area contributed by atoms with Crippen LogP contribution in [-0.4, -0.2) is 72.9 Å². The van der Waals surface area contributed by atoms with Gasteiger partial charge in [0.25, 0.3) is 5.91 Å². The predicted molar refractivity (Wildman–Crippen MR) is 146 cm³/mol. The van der Waals surface area contributed by atoms with Crippen molar-refractivity contribution in [2.45, 2.75) is 31.7 Å². The summed E-state index contributed by atoms with van der Waals surface area (Å²) >= 11 is 1.22. The summed E-state index contributed by atoms with van der Waals surface area (Å²) in [5, 5.41) is 4.82. The number of nitrogens with one attached hydrogen (secondary N) is 1. The first-order chi connectivity index (χ1) is 18.8. The summed E-state index contributed by atoms with van der Waals surface area (Å²) in [6, 6.07) is 10.9. The number of hydrogen-bond donors (Lipinski definition) is 1. The molecule has 2 aromatic carbocycles. The molecule has 0 aliphatic heterocycles. The average Bonchev–Trinajstić information content (AvgIpc) is 3.69. The molecule has 9 nitrogen and oxygen atoms in total. The molecule has 0 bridgehead atoms. The fourth-order valence-electron chi connectivity index (χ4n) is 4.02. The summed E-state index contributed by atoms with van der Waals surface area (Å²) in [6.07, 6.45) is 2.40. The van der Waals surface area contributed by atoms with Crippen molar-refractivity contribution in [3.8, 4) is 11.5 Å². The second-order valence-electron chi connectivity index (χ2n) is 9.29. The van der Waals surface area contributed by atoms with Crippen LogP contribution in [-0.2, 0) is 22.4 Å². The largest absolute Gasteiger partial charge is 0.493 e. The molecule has 3 aromatic rings. The van der Waals surface area contributed by atoms with E-state index < -0.39 is 5.82 Å². The van der Waals surface area contributed by atoms with Crippen LogP contribution in [0.3, 0.4) is 0 Å². The Hall–Kier alpha value is -3.99. The third-order valence-electron chi connectivity index (χ3n) is 6.39. The molecule has 1 N–H and O–H groups in total. The van der Waals surface area contributed by atoms with Crippen molar-refractivity contribution >= 4 is 34.2 Å². The zero-order chi connectivity index (χ0) is 27.9. The first-order valence-electron chi connectivity index (χ1n) is 12.5. The van der Waals surface area contributed by atoms with Crippen molar-refractivity contribution in [3.63, 3.8) is 0 Å². The van der Waals surface area contributed by atoms with Crippen molar-refractivity contribution in [2.75, 3.05) is 39.7 Å². The van der Waals surface area contributed by atoms with E-state index in [2.05, 4.69) is 10.3 Å². The maximum atomic E-state index is 13.2. The van der Waals surface area contributed by atoms with Crippen LogP contribution < -0.4 is 14.8 Å². The molecule has 1 aliphatic rings. The minimum Gasteiger partial charge on any atom is -0.493 e. The van der Waals surface area contributed by atoms with Gasteiger partial charge in [0.15, 0.2) is 16.6 Å². The molecule has 0 unspecified atom stereocenters. The number of carbonyl (C=O) groups excluding carboxylic acids is 3. The third kappa shape index (κ3) is 7.53. The first kappa shape index (κ1) is 28.0. The molecule has 0 saturated heterocycles. The molecule has 39 heavy (non-hydrogen) atoms. The van der Waals surface area contributed by atoms with E-state index in [1.54, 1.807) is 31.5 Å². The second-order valence-corrected chi connectivity index (χ2v) is 10.2. The van der Waals surface area contributed by atoms with E-state index in [1.165, 1.54) is 40.5 Å². The van der Waals surface area contributed by atoms with Crippen LogP contribution in [0.1, 0.15) is 34.5 Å². The van der Waals surface area contributed by atoms with Crippen molar-refractivity contribution in [2.24, 2.45) is 0 Å². The van der Waals surface area contributed by atoms with Crippen molar-refractivity contribution < 1.29 is 28.2 Å². The Morgan fingerprint density at radius 1 is 1.08 bits per heavy atom. The quantitative estimate of drug-likeness (QED) is 0.366. The molecular formula is C28H31FN4O5S. The first-order valence-corrected chi connectivity index (χ1v) is 13.4. The Morgan fingerprint density at radius 2 is 1.79 bits per heavy atom. The SMILES string of the molecule is COc1ccc(CCN(C)C(=O)Cc2csc(NC(=O)CN(C(=O)c3ccc(F)cc3)C3CC3)n2)cc1OC. The van der Waals surface area contributed by atoms with Crippen molar-refractivity contribution in [1.82, 2.24) is 14.8 Å². The van der Waals surface area contributed by atoms with Crippen LogP contribution in [0.2, 0.25) is 0 Å². The topological polar surface area (TPSA) is 101 Å². The lowest BCUT2D eigenvalue weighted by Crippen LogP contribution is -2.39. The van der Waals surface area contributed by atoms with E-state index in [1.807, 2.05) is 18.2 Å². The summed E-state index contributed by atoms with van der Waals surface area (Å²) in [5.41, 5.74) is 1.91. The monoisotopic (exact) mass is 554 g/mol. The van der Waals surface area contributed by atoms with E-state index in [9.17, 15) is 18.8 Å². The number of aromatic nitrogens is 1. The normalized spacial score (nSPS) is 12.5. The predicted octanol–water partition coefficient (Wildman–Crippen LogP) is 3.79. The summed E-state index contributed by atoms with van der Waals surface area (Å²) in [7, 11) is 4.90. The van der Waals surface area contributed by atoms with Gasteiger partial charge >= 0.3 is 0 Å². The van der Waals surface area contributed by atoms with Gasteiger partial charge in [-0.2, -0.15) is 0 Å². The van der Waals surface area contributed by atoms with Crippen molar-refractivity contribution in [1.29, 1.82) is 0 Å². The Morgan fingerprint density at radius 3 is 2.46 bits per heavy atom. The van der Waals surface area contributed by atoms with E-state index >= 15 is 0 Å². The van der Waals surface area contributed by atoms with Crippen molar-refractivity contribution in [3.05, 3.63) is 70.5 Å². The number of amides is 3. The fourth-order valence-corrected chi connectivity index (χ4v) is 4.74. The van der Waals surface area contributed by atoms with Crippen LogP contribution in [0.5, 0.6) is 11.5 Å². The van der Waals surface area contributed by atoms with E-state index in [0.29, 0.717) is 40.9 Å². The lowest BCUT2D eigenvalue weighted by Gasteiger charge is -2.21. The number of likely N-dealkylation sites (N-methyl/N-ethyl adjacent to an activating group) is 1. The Labute approximate surface area is 230 Å². The van der Waals surface area contributed by atoms with Gasteiger partial charge in [-0.1, -0.05) is 6.07 Å². The minimum absolute atomic E-state index is 0.00711. The average molecular weight is 555 g/mol. The smallest absolute Gasteiger partial charge is 0.254 e. The number of hydrogen-bond acceptors (Lipinski definition) is 7. The van der Waals surface area contributed by atoms with Gasteiger partial charge in [-0.25, -0.2) is 9.37 Å². The van der Waals surface area contributed by atoms with E-state index in [0.717, 1.165) is 18.4 Å². The number of halogens is 1. The zero-order valence-corrected chi connectivity index (χ0v) is 22.9. The summed E-state index contributed by atoms with van der Waals surface area (Å²) < 4.78 is 23.8. The number of carbonyl (C=O) groups is 3. The highest BCUT2D eigenvalue weighted by Gasteiger charge is 2.34. The highest BCUT2D eigenvalue weighted by atomic mass is 32.1. The summed E-state index contributed by atoms with van der Waals surface area (Å²) in [5.74, 6) is 0.0802. The van der Waals surface area contributed by atoms with Gasteiger partial charge in [0.1, 0.15) is 12.4 Å². The number of methoxy groups -OCH3 is 2. The van der Waals surface area contributed by atoms with Gasteiger partial charge in [0.2, 0.25) is 11.8 Å². The fraction of sp³-hybridized carbons (Fsp3) is 0.357. The molecule has 4 rings (SSSR count). The molecule has 1 fully saturated rings. The number of rotatable bonds is 12. The van der Waals surface area contributed by atoms with Gasteiger partial charge in [0.05, 0.1) is 26.3 Å². The van der Waals surface area contributed by atoms with Gasteiger partial charge in [-0.15, -0.1) is 11.3 Å². The van der Waals surface area contributed by atoms with Gasteiger partial charge in [0, 0.05) is 30.6 Å². The summed E-state index contributed by atoms with van der Waals surface area (Å²) in [6.45, 7) is 0.384. The van der Waals surface area contributed by atoms with Gasteiger partial charge < -0.3 is 24.6 Å². The van der Waals surface area contributed by atoms with E-state index in [-0.39, 0.29) is 36.7 Å². The molecule has 0 atom stereocenters. The molecule has 0 spiro atoms. The molecular weight excluding hydrogens is 523 g/mol. The zero-order valence-electron chi connectivity index (χ0n) is 22.1. The maximum Gasteiger partial charge on any atom is 0.254 e. The lowest BCUT2D eigenvalue weighted by molar-refractivity contribution is -0.129.